The van der Waals surface area contributed by atoms with E-state index < -0.39 is 0 Å². The van der Waals surface area contributed by atoms with Crippen LogP contribution in [0.15, 0.2) is 23.6 Å². The van der Waals surface area contributed by atoms with E-state index in [-0.39, 0.29) is 5.91 Å². The van der Waals surface area contributed by atoms with Crippen LogP contribution in [0.3, 0.4) is 0 Å². The summed E-state index contributed by atoms with van der Waals surface area (Å²) in [5, 5.41) is 6.13. The standard InChI is InChI=1S/C19H20N4OS2/c1-11-17(14-6-5-12-3-2-4-13(12)9-14)22-19(26-11)23-18(24)15-10-25-16(21-15)7-8-20/h5-6,9-10H,2-4,7-8,20H2,1H3,(H,22,23,24). The van der Waals surface area contributed by atoms with Crippen molar-refractivity contribution in [2.24, 2.45) is 5.73 Å². The molecule has 0 radical (unpaired) electrons. The zero-order valence-corrected chi connectivity index (χ0v) is 16.2. The van der Waals surface area contributed by atoms with E-state index >= 15 is 0 Å². The molecule has 1 aromatic carbocycles. The van der Waals surface area contributed by atoms with Crippen molar-refractivity contribution in [3.8, 4) is 11.3 Å². The Morgan fingerprint density at radius 1 is 1.27 bits per heavy atom. The number of benzene rings is 1. The second-order valence-electron chi connectivity index (χ2n) is 6.38. The molecule has 5 nitrogen and oxygen atoms in total. The Morgan fingerprint density at radius 3 is 2.96 bits per heavy atom. The highest BCUT2D eigenvalue weighted by molar-refractivity contribution is 7.16. The minimum atomic E-state index is -0.223. The van der Waals surface area contributed by atoms with Gasteiger partial charge in [0.15, 0.2) is 5.13 Å². The van der Waals surface area contributed by atoms with Gasteiger partial charge in [-0.3, -0.25) is 10.1 Å². The number of nitrogens with two attached hydrogens (primary N) is 1. The molecule has 0 saturated heterocycles. The summed E-state index contributed by atoms with van der Waals surface area (Å²) < 4.78 is 0. The van der Waals surface area contributed by atoms with Gasteiger partial charge in [0, 0.05) is 22.2 Å². The van der Waals surface area contributed by atoms with Crippen molar-refractivity contribution in [3.05, 3.63) is 50.3 Å². The van der Waals surface area contributed by atoms with Gasteiger partial charge in [0.1, 0.15) is 5.69 Å². The third-order valence-electron chi connectivity index (χ3n) is 4.53. The molecule has 7 heteroatoms. The Kier molecular flexibility index (Phi) is 4.84. The lowest BCUT2D eigenvalue weighted by atomic mass is 10.0. The van der Waals surface area contributed by atoms with Crippen molar-refractivity contribution in [1.29, 1.82) is 0 Å². The molecular weight excluding hydrogens is 364 g/mol. The van der Waals surface area contributed by atoms with Gasteiger partial charge in [-0.1, -0.05) is 12.1 Å². The number of aryl methyl sites for hydroxylation is 3. The van der Waals surface area contributed by atoms with Gasteiger partial charge in [-0.2, -0.15) is 0 Å². The maximum atomic E-state index is 12.4. The van der Waals surface area contributed by atoms with Crippen LogP contribution in [-0.4, -0.2) is 22.4 Å². The molecular formula is C19H20N4OS2. The Balaban J connectivity index is 1.53. The van der Waals surface area contributed by atoms with Crippen LogP contribution in [0.2, 0.25) is 0 Å². The molecule has 3 N–H and O–H groups in total. The van der Waals surface area contributed by atoms with Crippen LogP contribution >= 0.6 is 22.7 Å². The van der Waals surface area contributed by atoms with Crippen molar-refractivity contribution in [3.63, 3.8) is 0 Å². The van der Waals surface area contributed by atoms with E-state index in [0.717, 1.165) is 27.6 Å². The molecule has 4 rings (SSSR count). The predicted molar refractivity (Wildman–Crippen MR) is 107 cm³/mol. The number of carbonyl (C=O) groups excluding carboxylic acids is 1. The van der Waals surface area contributed by atoms with E-state index in [1.807, 2.05) is 6.92 Å². The van der Waals surface area contributed by atoms with Crippen LogP contribution in [0.4, 0.5) is 5.13 Å². The van der Waals surface area contributed by atoms with Gasteiger partial charge in [0.2, 0.25) is 0 Å². The first-order valence-electron chi connectivity index (χ1n) is 8.69. The highest BCUT2D eigenvalue weighted by Crippen LogP contribution is 2.33. The van der Waals surface area contributed by atoms with Gasteiger partial charge in [0.05, 0.1) is 10.7 Å². The summed E-state index contributed by atoms with van der Waals surface area (Å²) in [6.07, 6.45) is 4.24. The monoisotopic (exact) mass is 384 g/mol. The van der Waals surface area contributed by atoms with Crippen LogP contribution in [0.25, 0.3) is 11.3 Å². The number of thiazole rings is 2. The summed E-state index contributed by atoms with van der Waals surface area (Å²) >= 11 is 2.96. The zero-order chi connectivity index (χ0) is 18.1. The van der Waals surface area contributed by atoms with E-state index in [9.17, 15) is 4.79 Å². The molecule has 0 saturated carbocycles. The lowest BCUT2D eigenvalue weighted by molar-refractivity contribution is 0.102. The Labute approximate surface area is 160 Å². The zero-order valence-electron chi connectivity index (χ0n) is 14.5. The predicted octanol–water partition coefficient (Wildman–Crippen LogP) is 3.82. The number of anilines is 1. The van der Waals surface area contributed by atoms with E-state index in [1.165, 1.54) is 46.6 Å². The van der Waals surface area contributed by atoms with Crippen LogP contribution in [0.1, 0.15) is 37.9 Å². The number of nitrogens with one attached hydrogen (secondary N) is 1. The fourth-order valence-electron chi connectivity index (χ4n) is 3.25. The fraction of sp³-hybridized carbons (Fsp3) is 0.316. The van der Waals surface area contributed by atoms with Gasteiger partial charge < -0.3 is 5.73 Å². The number of fused-ring (bicyclic) bond motifs is 1. The number of hydrogen-bond acceptors (Lipinski definition) is 6. The van der Waals surface area contributed by atoms with Gasteiger partial charge in [-0.05, 0) is 49.9 Å². The summed E-state index contributed by atoms with van der Waals surface area (Å²) in [6, 6.07) is 6.59. The fourth-order valence-corrected chi connectivity index (χ4v) is 4.88. The van der Waals surface area contributed by atoms with Crippen molar-refractivity contribution in [2.75, 3.05) is 11.9 Å². The van der Waals surface area contributed by atoms with Gasteiger partial charge in [0.25, 0.3) is 5.91 Å². The maximum absolute atomic E-state index is 12.4. The first-order chi connectivity index (χ1) is 12.6. The molecule has 1 amide bonds. The highest BCUT2D eigenvalue weighted by Gasteiger charge is 2.17. The van der Waals surface area contributed by atoms with Crippen molar-refractivity contribution in [1.82, 2.24) is 9.97 Å². The Morgan fingerprint density at radius 2 is 2.12 bits per heavy atom. The van der Waals surface area contributed by atoms with Crippen molar-refractivity contribution < 1.29 is 4.79 Å². The quantitative estimate of drug-likeness (QED) is 0.701. The Hall–Kier alpha value is -2.09. The molecule has 3 aromatic rings. The first kappa shape index (κ1) is 17.3. The number of aromatic nitrogens is 2. The summed E-state index contributed by atoms with van der Waals surface area (Å²) in [5.74, 6) is -0.223. The summed E-state index contributed by atoms with van der Waals surface area (Å²) in [5.41, 5.74) is 10.9. The van der Waals surface area contributed by atoms with E-state index in [2.05, 4.69) is 33.5 Å². The van der Waals surface area contributed by atoms with E-state index in [1.54, 1.807) is 5.38 Å². The minimum absolute atomic E-state index is 0.223. The molecule has 0 bridgehead atoms. The molecule has 26 heavy (non-hydrogen) atoms. The second-order valence-corrected chi connectivity index (χ2v) is 8.53. The molecule has 0 spiro atoms. The molecule has 2 heterocycles. The average Bonchev–Trinajstić information content (AvgIpc) is 3.34. The average molecular weight is 385 g/mol. The topological polar surface area (TPSA) is 80.9 Å². The van der Waals surface area contributed by atoms with E-state index in [0.29, 0.717) is 23.8 Å². The number of amides is 1. The minimum Gasteiger partial charge on any atom is -0.330 e. The van der Waals surface area contributed by atoms with Crippen LogP contribution in [0, 0.1) is 6.92 Å². The third kappa shape index (κ3) is 3.42. The smallest absolute Gasteiger partial charge is 0.276 e. The van der Waals surface area contributed by atoms with Crippen LogP contribution < -0.4 is 11.1 Å². The summed E-state index contributed by atoms with van der Waals surface area (Å²) in [6.45, 7) is 2.57. The van der Waals surface area contributed by atoms with Crippen molar-refractivity contribution >= 4 is 33.7 Å². The molecule has 1 aliphatic carbocycles. The highest BCUT2D eigenvalue weighted by atomic mass is 32.1. The lowest BCUT2D eigenvalue weighted by Gasteiger charge is -2.03. The van der Waals surface area contributed by atoms with Gasteiger partial charge >= 0.3 is 0 Å². The van der Waals surface area contributed by atoms with Crippen LogP contribution in [-0.2, 0) is 19.3 Å². The van der Waals surface area contributed by atoms with Gasteiger partial charge in [-0.25, -0.2) is 9.97 Å². The molecule has 0 atom stereocenters. The first-order valence-corrected chi connectivity index (χ1v) is 10.4. The Bertz CT molecular complexity index is 960. The number of carbonyl (C=O) groups is 1. The number of hydrogen-bond donors (Lipinski definition) is 2. The molecule has 0 aliphatic heterocycles. The normalized spacial score (nSPS) is 13.0. The van der Waals surface area contributed by atoms with Gasteiger partial charge in [-0.15, -0.1) is 22.7 Å². The number of rotatable bonds is 5. The van der Waals surface area contributed by atoms with Crippen molar-refractivity contribution in [2.45, 2.75) is 32.6 Å². The lowest BCUT2D eigenvalue weighted by Crippen LogP contribution is -2.12. The third-order valence-corrected chi connectivity index (χ3v) is 6.33. The SMILES string of the molecule is Cc1sc(NC(=O)c2csc(CCN)n2)nc1-c1ccc2c(c1)CCC2. The molecule has 0 fully saturated rings. The van der Waals surface area contributed by atoms with E-state index in [4.69, 9.17) is 5.73 Å². The number of nitrogens with zero attached hydrogens (tertiary/aromatic N) is 2. The molecule has 134 valence electrons. The molecule has 0 unspecified atom stereocenters. The molecule has 2 aromatic heterocycles. The second kappa shape index (κ2) is 7.26. The maximum Gasteiger partial charge on any atom is 0.276 e. The summed E-state index contributed by atoms with van der Waals surface area (Å²) in [7, 11) is 0. The largest absolute Gasteiger partial charge is 0.330 e. The van der Waals surface area contributed by atoms with Crippen LogP contribution in [0.5, 0.6) is 0 Å². The molecule has 1 aliphatic rings. The summed E-state index contributed by atoms with van der Waals surface area (Å²) in [4.78, 5) is 22.5.